The van der Waals surface area contributed by atoms with Crippen LogP contribution in [0, 0.1) is 0 Å². The lowest BCUT2D eigenvalue weighted by molar-refractivity contribution is 0.620. The average molecular weight is 627 g/mol. The average Bonchev–Trinajstić information content (AvgIpc) is 3.80. The summed E-state index contributed by atoms with van der Waals surface area (Å²) >= 11 is 0. The molecule has 0 N–H and O–H groups in total. The second-order valence-electron chi connectivity index (χ2n) is 13.9. The van der Waals surface area contributed by atoms with E-state index < -0.39 is 0 Å². The molecule has 0 amide bonds. The van der Waals surface area contributed by atoms with Gasteiger partial charge in [0.2, 0.25) is 5.89 Å². The third-order valence-corrected chi connectivity index (χ3v) is 11.0. The van der Waals surface area contributed by atoms with Crippen LogP contribution in [0.15, 0.2) is 150 Å². The lowest BCUT2D eigenvalue weighted by Crippen LogP contribution is -2.14. The van der Waals surface area contributed by atoms with E-state index >= 15 is 0 Å². The molecule has 0 saturated carbocycles. The maximum absolute atomic E-state index is 6.25. The summed E-state index contributed by atoms with van der Waals surface area (Å²) < 4.78 is 8.71. The summed E-state index contributed by atoms with van der Waals surface area (Å²) in [6.07, 6.45) is 0. The highest BCUT2D eigenvalue weighted by Gasteiger charge is 2.36. The van der Waals surface area contributed by atoms with Crippen molar-refractivity contribution in [3.8, 4) is 28.3 Å². The van der Waals surface area contributed by atoms with Gasteiger partial charge in [-0.25, -0.2) is 4.98 Å². The molecule has 0 bridgehead atoms. The summed E-state index contributed by atoms with van der Waals surface area (Å²) in [7, 11) is 0. The van der Waals surface area contributed by atoms with Gasteiger partial charge < -0.3 is 8.98 Å². The number of aromatic nitrogens is 2. The van der Waals surface area contributed by atoms with E-state index in [0.29, 0.717) is 5.89 Å². The standard InChI is InChI=1S/C46H30N2O/c1-46(2)37-19-8-7-17-32(37)35-25-36-41(26-38(35)46)48(28-13-11-12-27(24-28)45-47-39-20-9-10-21-42(39)49-45)40-23-22-34-31-16-4-3-14-29(31)30-15-5-6-18-33(30)43(34)44(36)40/h3-26H,1-2H3. The molecule has 0 radical (unpaired) electrons. The van der Waals surface area contributed by atoms with Gasteiger partial charge in [-0.15, -0.1) is 0 Å². The van der Waals surface area contributed by atoms with Crippen molar-refractivity contribution in [2.75, 3.05) is 0 Å². The summed E-state index contributed by atoms with van der Waals surface area (Å²) in [6, 6.07) is 52.9. The molecule has 1 aliphatic carbocycles. The fraction of sp³-hybridized carbons (Fsp3) is 0.0652. The van der Waals surface area contributed by atoms with Crippen molar-refractivity contribution >= 4 is 65.2 Å². The van der Waals surface area contributed by atoms with Crippen molar-refractivity contribution in [3.05, 3.63) is 157 Å². The molecule has 3 nitrogen and oxygen atoms in total. The van der Waals surface area contributed by atoms with E-state index in [0.717, 1.165) is 22.4 Å². The Labute approximate surface area is 282 Å². The minimum Gasteiger partial charge on any atom is -0.436 e. The Bertz CT molecular complexity index is 2960. The maximum atomic E-state index is 6.25. The minimum atomic E-state index is -0.119. The maximum Gasteiger partial charge on any atom is 0.227 e. The molecule has 49 heavy (non-hydrogen) atoms. The quantitative estimate of drug-likeness (QED) is 0.179. The fourth-order valence-corrected chi connectivity index (χ4v) is 8.75. The molecule has 0 aliphatic heterocycles. The van der Waals surface area contributed by atoms with E-state index in [-0.39, 0.29) is 5.41 Å². The van der Waals surface area contributed by atoms with Gasteiger partial charge in [-0.05, 0) is 97.7 Å². The summed E-state index contributed by atoms with van der Waals surface area (Å²) in [4.78, 5) is 4.85. The van der Waals surface area contributed by atoms with Gasteiger partial charge >= 0.3 is 0 Å². The monoisotopic (exact) mass is 626 g/mol. The van der Waals surface area contributed by atoms with E-state index in [1.807, 2.05) is 24.3 Å². The first-order valence-corrected chi connectivity index (χ1v) is 17.0. The molecule has 8 aromatic carbocycles. The number of hydrogen-bond acceptors (Lipinski definition) is 2. The van der Waals surface area contributed by atoms with Crippen LogP contribution >= 0.6 is 0 Å². The van der Waals surface area contributed by atoms with Crippen LogP contribution in [-0.2, 0) is 5.41 Å². The summed E-state index contributed by atoms with van der Waals surface area (Å²) in [5.41, 5.74) is 11.4. The Hall–Kier alpha value is -6.19. The first-order chi connectivity index (χ1) is 24.1. The van der Waals surface area contributed by atoms with Gasteiger partial charge in [0.1, 0.15) is 5.52 Å². The summed E-state index contributed by atoms with van der Waals surface area (Å²) in [5, 5.41) is 10.3. The highest BCUT2D eigenvalue weighted by molar-refractivity contribution is 6.35. The number of nitrogens with zero attached hydrogens (tertiary/aromatic N) is 2. The van der Waals surface area contributed by atoms with Gasteiger partial charge in [0.15, 0.2) is 5.58 Å². The van der Waals surface area contributed by atoms with E-state index in [2.05, 4.69) is 140 Å². The highest BCUT2D eigenvalue weighted by Crippen LogP contribution is 2.52. The number of benzene rings is 8. The predicted octanol–water partition coefficient (Wildman–Crippen LogP) is 12.4. The van der Waals surface area contributed by atoms with E-state index in [1.165, 1.54) is 76.4 Å². The molecular weight excluding hydrogens is 597 g/mol. The van der Waals surface area contributed by atoms with Crippen LogP contribution in [0.5, 0.6) is 0 Å². The third kappa shape index (κ3) is 3.54. The Balaban J connectivity index is 1.31. The molecule has 2 aromatic heterocycles. The number of hydrogen-bond donors (Lipinski definition) is 0. The molecule has 2 heterocycles. The van der Waals surface area contributed by atoms with Crippen molar-refractivity contribution < 1.29 is 4.42 Å². The molecule has 0 unspecified atom stereocenters. The van der Waals surface area contributed by atoms with Crippen LogP contribution < -0.4 is 0 Å². The van der Waals surface area contributed by atoms with Gasteiger partial charge in [0, 0.05) is 32.8 Å². The van der Waals surface area contributed by atoms with Crippen LogP contribution in [0.1, 0.15) is 25.0 Å². The van der Waals surface area contributed by atoms with E-state index in [1.54, 1.807) is 0 Å². The number of rotatable bonds is 2. The topological polar surface area (TPSA) is 31.0 Å². The first kappa shape index (κ1) is 26.8. The molecule has 230 valence electrons. The highest BCUT2D eigenvalue weighted by atomic mass is 16.3. The largest absolute Gasteiger partial charge is 0.436 e. The smallest absolute Gasteiger partial charge is 0.227 e. The summed E-state index contributed by atoms with van der Waals surface area (Å²) in [5.74, 6) is 0.629. The zero-order valence-electron chi connectivity index (χ0n) is 27.2. The van der Waals surface area contributed by atoms with Crippen LogP contribution in [0.4, 0.5) is 0 Å². The van der Waals surface area contributed by atoms with Crippen LogP contribution in [-0.4, -0.2) is 9.55 Å². The molecule has 3 heteroatoms. The third-order valence-electron chi connectivity index (χ3n) is 11.0. The Kier molecular flexibility index (Phi) is 5.18. The molecule has 10 aromatic rings. The predicted molar refractivity (Wildman–Crippen MR) is 204 cm³/mol. The van der Waals surface area contributed by atoms with E-state index in [9.17, 15) is 0 Å². The minimum absolute atomic E-state index is 0.119. The van der Waals surface area contributed by atoms with Crippen molar-refractivity contribution in [3.63, 3.8) is 0 Å². The Morgan fingerprint density at radius 3 is 2.02 bits per heavy atom. The second-order valence-corrected chi connectivity index (χ2v) is 13.9. The molecule has 0 atom stereocenters. The SMILES string of the molecule is CC1(C)c2ccccc2-c2cc3c4c5c6ccccc6c6ccccc6c5ccc4n(-c4cccc(-c5nc6ccccc6o5)c4)c3cc21. The number of oxazole rings is 1. The molecule has 0 saturated heterocycles. The number of fused-ring (bicyclic) bond motifs is 14. The van der Waals surface area contributed by atoms with Crippen molar-refractivity contribution in [1.29, 1.82) is 0 Å². The van der Waals surface area contributed by atoms with Crippen molar-refractivity contribution in [2.24, 2.45) is 0 Å². The fourth-order valence-electron chi connectivity index (χ4n) is 8.75. The van der Waals surface area contributed by atoms with Crippen LogP contribution in [0.3, 0.4) is 0 Å². The van der Waals surface area contributed by atoms with Gasteiger partial charge in [0.05, 0.1) is 11.0 Å². The zero-order valence-corrected chi connectivity index (χ0v) is 27.2. The van der Waals surface area contributed by atoms with Gasteiger partial charge in [-0.2, -0.15) is 0 Å². The Morgan fingerprint density at radius 2 is 1.20 bits per heavy atom. The molecular formula is C46H30N2O. The lowest BCUT2D eigenvalue weighted by atomic mass is 9.82. The van der Waals surface area contributed by atoms with Crippen LogP contribution in [0.25, 0.3) is 93.5 Å². The van der Waals surface area contributed by atoms with Gasteiger partial charge in [-0.3, -0.25) is 0 Å². The second kappa shape index (κ2) is 9.46. The normalized spacial score (nSPS) is 13.7. The summed E-state index contributed by atoms with van der Waals surface area (Å²) in [6.45, 7) is 4.72. The number of para-hydroxylation sites is 2. The van der Waals surface area contributed by atoms with Gasteiger partial charge in [0.25, 0.3) is 0 Å². The molecule has 0 fully saturated rings. The Morgan fingerprint density at radius 1 is 0.510 bits per heavy atom. The van der Waals surface area contributed by atoms with E-state index in [4.69, 9.17) is 9.40 Å². The van der Waals surface area contributed by atoms with Crippen LogP contribution in [0.2, 0.25) is 0 Å². The van der Waals surface area contributed by atoms with Gasteiger partial charge in [-0.1, -0.05) is 111 Å². The lowest BCUT2D eigenvalue weighted by Gasteiger charge is -2.21. The molecule has 0 spiro atoms. The van der Waals surface area contributed by atoms with Crippen molar-refractivity contribution in [2.45, 2.75) is 19.3 Å². The first-order valence-electron chi connectivity index (χ1n) is 17.0. The zero-order chi connectivity index (χ0) is 32.4. The molecule has 1 aliphatic rings. The molecule has 11 rings (SSSR count). The van der Waals surface area contributed by atoms with Crippen molar-refractivity contribution in [1.82, 2.24) is 9.55 Å².